The van der Waals surface area contributed by atoms with Crippen LogP contribution in [-0.2, 0) is 0 Å². The standard InChI is InChI=1S/C11H24O3/c1-3-4-5-6-7-9(2)11(14)10(13)8-12/h9-14H,3-8H2,1-2H3. The van der Waals surface area contributed by atoms with E-state index in [-0.39, 0.29) is 12.5 Å². The van der Waals surface area contributed by atoms with Gasteiger partial charge in [-0.3, -0.25) is 0 Å². The fourth-order valence-electron chi connectivity index (χ4n) is 1.55. The van der Waals surface area contributed by atoms with Crippen LogP contribution >= 0.6 is 0 Å². The zero-order chi connectivity index (χ0) is 11.0. The van der Waals surface area contributed by atoms with Crippen molar-refractivity contribution in [2.75, 3.05) is 6.61 Å². The molecule has 0 aromatic heterocycles. The SMILES string of the molecule is CCCCCCC(C)C(O)C(O)CO. The number of aliphatic hydroxyl groups excluding tert-OH is 3. The normalized spacial score (nSPS) is 17.8. The molecule has 3 heteroatoms. The second-order valence-electron chi connectivity index (χ2n) is 4.07. The Morgan fingerprint density at radius 3 is 2.21 bits per heavy atom. The van der Waals surface area contributed by atoms with Gasteiger partial charge >= 0.3 is 0 Å². The molecular weight excluding hydrogens is 180 g/mol. The van der Waals surface area contributed by atoms with Crippen LogP contribution in [0.5, 0.6) is 0 Å². The van der Waals surface area contributed by atoms with E-state index in [1.807, 2.05) is 6.92 Å². The Morgan fingerprint density at radius 2 is 1.71 bits per heavy atom. The van der Waals surface area contributed by atoms with Gasteiger partial charge in [0.15, 0.2) is 0 Å². The molecule has 0 aliphatic heterocycles. The molecule has 0 spiro atoms. The maximum atomic E-state index is 9.53. The molecule has 14 heavy (non-hydrogen) atoms. The summed E-state index contributed by atoms with van der Waals surface area (Å²) in [5, 5.41) is 27.4. The molecule has 0 saturated carbocycles. The van der Waals surface area contributed by atoms with Crippen LogP contribution < -0.4 is 0 Å². The number of rotatable bonds is 8. The van der Waals surface area contributed by atoms with Crippen molar-refractivity contribution in [3.8, 4) is 0 Å². The monoisotopic (exact) mass is 204 g/mol. The summed E-state index contributed by atoms with van der Waals surface area (Å²) in [7, 11) is 0. The van der Waals surface area contributed by atoms with Crippen LogP contribution in [0.4, 0.5) is 0 Å². The quantitative estimate of drug-likeness (QED) is 0.522. The van der Waals surface area contributed by atoms with Gasteiger partial charge in [0.05, 0.1) is 12.7 Å². The third-order valence-corrected chi connectivity index (χ3v) is 2.68. The summed E-state index contributed by atoms with van der Waals surface area (Å²) in [6.45, 7) is 3.71. The summed E-state index contributed by atoms with van der Waals surface area (Å²) in [5.41, 5.74) is 0. The zero-order valence-electron chi connectivity index (χ0n) is 9.32. The Kier molecular flexibility index (Phi) is 8.14. The van der Waals surface area contributed by atoms with Crippen LogP contribution in [-0.4, -0.2) is 34.1 Å². The van der Waals surface area contributed by atoms with E-state index in [0.29, 0.717) is 0 Å². The topological polar surface area (TPSA) is 60.7 Å². The molecule has 86 valence electrons. The van der Waals surface area contributed by atoms with Crippen LogP contribution in [0.25, 0.3) is 0 Å². The van der Waals surface area contributed by atoms with Crippen molar-refractivity contribution in [1.82, 2.24) is 0 Å². The molecule has 0 aliphatic rings. The molecule has 0 saturated heterocycles. The van der Waals surface area contributed by atoms with Gasteiger partial charge in [-0.2, -0.15) is 0 Å². The molecule has 0 rings (SSSR count). The molecule has 3 atom stereocenters. The second-order valence-corrected chi connectivity index (χ2v) is 4.07. The van der Waals surface area contributed by atoms with E-state index in [1.165, 1.54) is 19.3 Å². The van der Waals surface area contributed by atoms with Gasteiger partial charge in [-0.05, 0) is 12.3 Å². The molecule has 0 aromatic rings. The first-order chi connectivity index (χ1) is 6.63. The number of hydrogen-bond acceptors (Lipinski definition) is 3. The number of aliphatic hydroxyl groups is 3. The van der Waals surface area contributed by atoms with E-state index in [9.17, 15) is 10.2 Å². The highest BCUT2D eigenvalue weighted by Crippen LogP contribution is 2.16. The lowest BCUT2D eigenvalue weighted by molar-refractivity contribution is -0.0413. The summed E-state index contributed by atoms with van der Waals surface area (Å²) >= 11 is 0. The fourth-order valence-corrected chi connectivity index (χ4v) is 1.55. The third-order valence-electron chi connectivity index (χ3n) is 2.68. The lowest BCUT2D eigenvalue weighted by Crippen LogP contribution is -2.34. The van der Waals surface area contributed by atoms with Crippen molar-refractivity contribution in [3.63, 3.8) is 0 Å². The van der Waals surface area contributed by atoms with E-state index in [1.54, 1.807) is 0 Å². The molecule has 3 unspecified atom stereocenters. The second kappa shape index (κ2) is 8.21. The Bertz CT molecular complexity index is 128. The maximum Gasteiger partial charge on any atom is 0.103 e. The molecule has 0 bridgehead atoms. The van der Waals surface area contributed by atoms with Crippen molar-refractivity contribution < 1.29 is 15.3 Å². The first-order valence-corrected chi connectivity index (χ1v) is 5.60. The van der Waals surface area contributed by atoms with Crippen LogP contribution in [0.1, 0.15) is 46.0 Å². The molecule has 3 N–H and O–H groups in total. The molecule has 0 radical (unpaired) electrons. The highest BCUT2D eigenvalue weighted by Gasteiger charge is 2.21. The molecule has 0 amide bonds. The first kappa shape index (κ1) is 13.9. The van der Waals surface area contributed by atoms with E-state index in [2.05, 4.69) is 6.92 Å². The highest BCUT2D eigenvalue weighted by molar-refractivity contribution is 4.72. The average Bonchev–Trinajstić information content (AvgIpc) is 2.21. The predicted octanol–water partition coefficient (Wildman–Crippen LogP) is 1.31. The largest absolute Gasteiger partial charge is 0.394 e. The minimum atomic E-state index is -0.990. The summed E-state index contributed by atoms with van der Waals surface area (Å²) in [4.78, 5) is 0. The Balaban J connectivity index is 3.56. The van der Waals surface area contributed by atoms with Gasteiger partial charge in [-0.25, -0.2) is 0 Å². The van der Waals surface area contributed by atoms with Gasteiger partial charge in [0.2, 0.25) is 0 Å². The Hall–Kier alpha value is -0.120. The first-order valence-electron chi connectivity index (χ1n) is 5.60. The van der Waals surface area contributed by atoms with Crippen LogP contribution in [0, 0.1) is 5.92 Å². The van der Waals surface area contributed by atoms with Crippen molar-refractivity contribution in [1.29, 1.82) is 0 Å². The van der Waals surface area contributed by atoms with Crippen molar-refractivity contribution in [2.24, 2.45) is 5.92 Å². The van der Waals surface area contributed by atoms with E-state index in [4.69, 9.17) is 5.11 Å². The van der Waals surface area contributed by atoms with E-state index in [0.717, 1.165) is 12.8 Å². The van der Waals surface area contributed by atoms with Crippen LogP contribution in [0.2, 0.25) is 0 Å². The minimum absolute atomic E-state index is 0.0639. The minimum Gasteiger partial charge on any atom is -0.394 e. The molecule has 0 aromatic carbocycles. The average molecular weight is 204 g/mol. The highest BCUT2D eigenvalue weighted by atomic mass is 16.4. The summed E-state index contributed by atoms with van der Waals surface area (Å²) < 4.78 is 0. The van der Waals surface area contributed by atoms with Gasteiger partial charge < -0.3 is 15.3 Å². The summed E-state index contributed by atoms with van der Waals surface area (Å²) in [6.07, 6.45) is 3.84. The molecule has 3 nitrogen and oxygen atoms in total. The summed E-state index contributed by atoms with van der Waals surface area (Å²) in [5.74, 6) is 0.0639. The molecule has 0 aliphatic carbocycles. The maximum absolute atomic E-state index is 9.53. The van der Waals surface area contributed by atoms with Gasteiger partial charge in [-0.1, -0.05) is 39.5 Å². The van der Waals surface area contributed by atoms with Gasteiger partial charge in [0, 0.05) is 0 Å². The van der Waals surface area contributed by atoms with Gasteiger partial charge in [-0.15, -0.1) is 0 Å². The van der Waals surface area contributed by atoms with E-state index >= 15 is 0 Å². The lowest BCUT2D eigenvalue weighted by atomic mass is 9.94. The molecule has 0 heterocycles. The van der Waals surface area contributed by atoms with Crippen molar-refractivity contribution in [2.45, 2.75) is 58.2 Å². The van der Waals surface area contributed by atoms with Gasteiger partial charge in [0.1, 0.15) is 6.10 Å². The zero-order valence-corrected chi connectivity index (χ0v) is 9.32. The van der Waals surface area contributed by atoms with Crippen LogP contribution in [0.3, 0.4) is 0 Å². The Labute approximate surface area is 86.8 Å². The van der Waals surface area contributed by atoms with Gasteiger partial charge in [0.25, 0.3) is 0 Å². The van der Waals surface area contributed by atoms with Crippen molar-refractivity contribution >= 4 is 0 Å². The smallest absolute Gasteiger partial charge is 0.103 e. The third kappa shape index (κ3) is 5.58. The predicted molar refractivity (Wildman–Crippen MR) is 57.0 cm³/mol. The van der Waals surface area contributed by atoms with Crippen LogP contribution in [0.15, 0.2) is 0 Å². The lowest BCUT2D eigenvalue weighted by Gasteiger charge is -2.22. The fraction of sp³-hybridized carbons (Fsp3) is 1.00. The van der Waals surface area contributed by atoms with Crippen molar-refractivity contribution in [3.05, 3.63) is 0 Å². The molecular formula is C11H24O3. The Morgan fingerprint density at radius 1 is 1.07 bits per heavy atom. The number of hydrogen-bond donors (Lipinski definition) is 3. The molecule has 0 fully saturated rings. The number of unbranched alkanes of at least 4 members (excludes halogenated alkanes) is 3. The summed E-state index contributed by atoms with van der Waals surface area (Å²) in [6, 6.07) is 0. The van der Waals surface area contributed by atoms with E-state index < -0.39 is 12.2 Å².